The highest BCUT2D eigenvalue weighted by Gasteiger charge is 2.23. The van der Waals surface area contributed by atoms with Gasteiger partial charge in [-0.25, -0.2) is 8.78 Å². The van der Waals surface area contributed by atoms with Gasteiger partial charge in [-0.3, -0.25) is 0 Å². The van der Waals surface area contributed by atoms with Crippen molar-refractivity contribution < 1.29 is 13.9 Å². The standard InChI is InChI=1S/C14H14F2OS/c1-3-9-6-7-18-14(9)13(17)11-10(15)5-4-8(2)12(11)16/h4-7,13,17H,3H2,1-2H3. The third-order valence-electron chi connectivity index (χ3n) is 3.00. The summed E-state index contributed by atoms with van der Waals surface area (Å²) in [7, 11) is 0. The van der Waals surface area contributed by atoms with E-state index in [1.54, 1.807) is 6.92 Å². The van der Waals surface area contributed by atoms with Crippen LogP contribution < -0.4 is 0 Å². The molecule has 2 aromatic rings. The summed E-state index contributed by atoms with van der Waals surface area (Å²) in [5, 5.41) is 12.0. The van der Waals surface area contributed by atoms with E-state index < -0.39 is 17.7 Å². The summed E-state index contributed by atoms with van der Waals surface area (Å²) in [5.41, 5.74) is 1.00. The first-order valence-corrected chi connectivity index (χ1v) is 6.63. The van der Waals surface area contributed by atoms with E-state index in [9.17, 15) is 13.9 Å². The van der Waals surface area contributed by atoms with Crippen LogP contribution in [0.1, 0.15) is 34.6 Å². The average Bonchev–Trinajstić information content (AvgIpc) is 2.82. The van der Waals surface area contributed by atoms with E-state index in [0.717, 1.165) is 12.0 Å². The maximum Gasteiger partial charge on any atom is 0.135 e. The van der Waals surface area contributed by atoms with Gasteiger partial charge in [0.2, 0.25) is 0 Å². The van der Waals surface area contributed by atoms with Crippen molar-refractivity contribution in [3.8, 4) is 0 Å². The molecule has 0 aliphatic heterocycles. The first-order chi connectivity index (χ1) is 8.56. The van der Waals surface area contributed by atoms with Crippen LogP contribution in [0.4, 0.5) is 8.78 Å². The number of hydrogen-bond donors (Lipinski definition) is 1. The second-order valence-electron chi connectivity index (χ2n) is 4.16. The molecule has 4 heteroatoms. The van der Waals surface area contributed by atoms with Gasteiger partial charge in [0.25, 0.3) is 0 Å². The Morgan fingerprint density at radius 3 is 2.67 bits per heavy atom. The smallest absolute Gasteiger partial charge is 0.135 e. The van der Waals surface area contributed by atoms with Gasteiger partial charge in [-0.2, -0.15) is 0 Å². The zero-order valence-corrected chi connectivity index (χ0v) is 11.0. The number of thiophene rings is 1. The van der Waals surface area contributed by atoms with Crippen LogP contribution >= 0.6 is 11.3 Å². The third kappa shape index (κ3) is 2.18. The Balaban J connectivity index is 2.52. The van der Waals surface area contributed by atoms with Gasteiger partial charge < -0.3 is 5.11 Å². The topological polar surface area (TPSA) is 20.2 Å². The van der Waals surface area contributed by atoms with E-state index in [2.05, 4.69) is 0 Å². The summed E-state index contributed by atoms with van der Waals surface area (Å²) in [5.74, 6) is -1.38. The first-order valence-electron chi connectivity index (χ1n) is 5.75. The van der Waals surface area contributed by atoms with Crippen molar-refractivity contribution in [1.82, 2.24) is 0 Å². The molecule has 0 amide bonds. The molecule has 0 bridgehead atoms. The van der Waals surface area contributed by atoms with Crippen LogP contribution in [0, 0.1) is 18.6 Å². The van der Waals surface area contributed by atoms with Crippen LogP contribution in [0.3, 0.4) is 0 Å². The average molecular weight is 268 g/mol. The molecular formula is C14H14F2OS. The number of benzene rings is 1. The van der Waals surface area contributed by atoms with Crippen molar-refractivity contribution >= 4 is 11.3 Å². The lowest BCUT2D eigenvalue weighted by atomic mass is 10.0. The fraction of sp³-hybridized carbons (Fsp3) is 0.286. The number of aryl methyl sites for hydroxylation is 2. The maximum absolute atomic E-state index is 13.9. The molecule has 96 valence electrons. The molecule has 1 heterocycles. The second-order valence-corrected chi connectivity index (χ2v) is 5.11. The van der Waals surface area contributed by atoms with Crippen molar-refractivity contribution in [3.05, 3.63) is 56.8 Å². The molecule has 0 saturated heterocycles. The minimum Gasteiger partial charge on any atom is -0.383 e. The zero-order valence-electron chi connectivity index (χ0n) is 10.2. The summed E-state index contributed by atoms with van der Waals surface area (Å²) in [4.78, 5) is 0.612. The van der Waals surface area contributed by atoms with Crippen molar-refractivity contribution in [2.24, 2.45) is 0 Å². The second kappa shape index (κ2) is 5.16. The lowest BCUT2D eigenvalue weighted by molar-refractivity contribution is 0.211. The lowest BCUT2D eigenvalue weighted by Gasteiger charge is -2.14. The van der Waals surface area contributed by atoms with Crippen LogP contribution in [0.15, 0.2) is 23.6 Å². The minimum atomic E-state index is -1.24. The Morgan fingerprint density at radius 2 is 2.00 bits per heavy atom. The Bertz CT molecular complexity index is 563. The Kier molecular flexibility index (Phi) is 3.78. The van der Waals surface area contributed by atoms with Crippen LogP contribution in [-0.2, 0) is 6.42 Å². The van der Waals surface area contributed by atoms with Gasteiger partial charge in [0.1, 0.15) is 17.7 Å². The molecule has 18 heavy (non-hydrogen) atoms. The fourth-order valence-electron chi connectivity index (χ4n) is 1.94. The molecule has 0 saturated carbocycles. The Hall–Kier alpha value is -1.26. The normalized spacial score (nSPS) is 12.7. The van der Waals surface area contributed by atoms with E-state index in [-0.39, 0.29) is 5.56 Å². The highest BCUT2D eigenvalue weighted by atomic mass is 32.1. The van der Waals surface area contributed by atoms with Crippen molar-refractivity contribution in [1.29, 1.82) is 0 Å². The van der Waals surface area contributed by atoms with Crippen LogP contribution in [0.25, 0.3) is 0 Å². The number of rotatable bonds is 3. The molecule has 0 spiro atoms. The summed E-state index contributed by atoms with van der Waals surface area (Å²) in [6.45, 7) is 3.50. The van der Waals surface area contributed by atoms with Gasteiger partial charge in [0, 0.05) is 4.88 Å². The summed E-state index contributed by atoms with van der Waals surface area (Å²) < 4.78 is 27.7. The van der Waals surface area contributed by atoms with Crippen molar-refractivity contribution in [3.63, 3.8) is 0 Å². The first kappa shape index (κ1) is 13.2. The fourth-order valence-corrected chi connectivity index (χ4v) is 2.93. The molecule has 1 N–H and O–H groups in total. The third-order valence-corrected chi connectivity index (χ3v) is 4.01. The van der Waals surface area contributed by atoms with Crippen LogP contribution in [0.2, 0.25) is 0 Å². The van der Waals surface area contributed by atoms with E-state index in [1.807, 2.05) is 18.4 Å². The van der Waals surface area contributed by atoms with Gasteiger partial charge in [-0.15, -0.1) is 11.3 Å². The predicted molar refractivity (Wildman–Crippen MR) is 68.9 cm³/mol. The molecule has 0 radical (unpaired) electrons. The van der Waals surface area contributed by atoms with Crippen LogP contribution in [-0.4, -0.2) is 5.11 Å². The highest BCUT2D eigenvalue weighted by Crippen LogP contribution is 2.33. The number of halogens is 2. The number of aliphatic hydroxyl groups excluding tert-OH is 1. The number of hydrogen-bond acceptors (Lipinski definition) is 2. The molecule has 0 aliphatic rings. The molecule has 1 aromatic heterocycles. The number of aliphatic hydroxyl groups is 1. The summed E-state index contributed by atoms with van der Waals surface area (Å²) >= 11 is 1.32. The SMILES string of the molecule is CCc1ccsc1C(O)c1c(F)ccc(C)c1F. The molecule has 0 fully saturated rings. The summed E-state index contributed by atoms with van der Waals surface area (Å²) in [6, 6.07) is 4.43. The van der Waals surface area contributed by atoms with Gasteiger partial charge in [-0.1, -0.05) is 13.0 Å². The van der Waals surface area contributed by atoms with Gasteiger partial charge >= 0.3 is 0 Å². The van der Waals surface area contributed by atoms with E-state index in [4.69, 9.17) is 0 Å². The minimum absolute atomic E-state index is 0.257. The molecule has 1 unspecified atom stereocenters. The van der Waals surface area contributed by atoms with E-state index in [0.29, 0.717) is 10.4 Å². The van der Waals surface area contributed by atoms with Crippen molar-refractivity contribution in [2.75, 3.05) is 0 Å². The molecule has 1 atom stereocenters. The Morgan fingerprint density at radius 1 is 1.28 bits per heavy atom. The molecule has 1 nitrogen and oxygen atoms in total. The molecule has 1 aromatic carbocycles. The monoisotopic (exact) mass is 268 g/mol. The molecule has 0 aliphatic carbocycles. The van der Waals surface area contributed by atoms with Crippen LogP contribution in [0.5, 0.6) is 0 Å². The molecular weight excluding hydrogens is 254 g/mol. The predicted octanol–water partition coefficient (Wildman–Crippen LogP) is 3.98. The largest absolute Gasteiger partial charge is 0.383 e. The lowest BCUT2D eigenvalue weighted by Crippen LogP contribution is -2.07. The highest BCUT2D eigenvalue weighted by molar-refractivity contribution is 7.10. The Labute approximate surface area is 109 Å². The van der Waals surface area contributed by atoms with Gasteiger partial charge in [0.15, 0.2) is 0 Å². The van der Waals surface area contributed by atoms with E-state index in [1.165, 1.54) is 23.5 Å². The zero-order chi connectivity index (χ0) is 13.3. The van der Waals surface area contributed by atoms with Gasteiger partial charge in [-0.05, 0) is 42.0 Å². The molecule has 2 rings (SSSR count). The maximum atomic E-state index is 13.9. The van der Waals surface area contributed by atoms with E-state index >= 15 is 0 Å². The van der Waals surface area contributed by atoms with Crippen molar-refractivity contribution in [2.45, 2.75) is 26.4 Å². The quantitative estimate of drug-likeness (QED) is 0.892. The summed E-state index contributed by atoms with van der Waals surface area (Å²) in [6.07, 6.45) is -0.509. The van der Waals surface area contributed by atoms with Gasteiger partial charge in [0.05, 0.1) is 5.56 Å².